The van der Waals surface area contributed by atoms with Crippen LogP contribution < -0.4 is 0 Å². The fraction of sp³-hybridized carbons (Fsp3) is 0.359. The first-order chi connectivity index (χ1) is 21.1. The van der Waals surface area contributed by atoms with Gasteiger partial charge >= 0.3 is 0 Å². The zero-order valence-corrected chi connectivity index (χ0v) is 30.7. The zero-order valence-electron chi connectivity index (χ0n) is 27.5. The van der Waals surface area contributed by atoms with Gasteiger partial charge in [-0.25, -0.2) is 4.98 Å². The molecule has 0 aliphatic carbocycles. The second-order valence-corrected chi connectivity index (χ2v) is 13.3. The molecule has 5 aromatic rings. The molecule has 239 valence electrons. The third-order valence-electron chi connectivity index (χ3n) is 8.36. The molecule has 0 unspecified atom stereocenters. The number of hydrogen-bond acceptors (Lipinski definition) is 5. The van der Waals surface area contributed by atoms with E-state index in [1.165, 1.54) is 27.1 Å². The van der Waals surface area contributed by atoms with E-state index in [4.69, 9.17) is 0 Å². The Morgan fingerprint density at radius 2 is 1.56 bits per heavy atom. The Morgan fingerprint density at radius 3 is 2.22 bits per heavy atom. The van der Waals surface area contributed by atoms with Crippen LogP contribution in [0.3, 0.4) is 0 Å². The van der Waals surface area contributed by atoms with Gasteiger partial charge in [0.25, 0.3) is 0 Å². The molecule has 3 aromatic carbocycles. The molecule has 0 saturated carbocycles. The third-order valence-corrected chi connectivity index (χ3v) is 9.24. The predicted octanol–water partition coefficient (Wildman–Crippen LogP) is 11.1. The molecule has 0 aliphatic rings. The molecule has 2 aromatic heterocycles. The Bertz CT molecular complexity index is 1740. The van der Waals surface area contributed by atoms with Crippen molar-refractivity contribution in [3.63, 3.8) is 0 Å². The summed E-state index contributed by atoms with van der Waals surface area (Å²) in [5.74, 6) is 0.547. The van der Waals surface area contributed by atoms with Crippen LogP contribution in [0.5, 0.6) is 0 Å². The first-order valence-corrected chi connectivity index (χ1v) is 16.7. The van der Waals surface area contributed by atoms with Crippen LogP contribution >= 0.6 is 11.3 Å². The number of carbonyl (C=O) groups is 1. The maximum absolute atomic E-state index is 11.7. The molecule has 1 radical (unpaired) electrons. The molecule has 5 rings (SSSR count). The van der Waals surface area contributed by atoms with Crippen molar-refractivity contribution >= 4 is 38.0 Å². The van der Waals surface area contributed by atoms with Gasteiger partial charge < -0.3 is 5.11 Å². The number of thiophene rings is 1. The summed E-state index contributed by atoms with van der Waals surface area (Å²) >= 11 is 1.75. The van der Waals surface area contributed by atoms with Gasteiger partial charge in [0.15, 0.2) is 5.78 Å². The minimum atomic E-state index is 0. The Labute approximate surface area is 286 Å². The Hall–Kier alpha value is -3.18. The minimum absolute atomic E-state index is 0. The number of benzene rings is 3. The molecule has 0 aliphatic heterocycles. The SMILES string of the molecule is CC(C)(C)c1cc(-c2cc(-c3ccc4ccsc4c3)ncn2)[c-]c2ccccc12.CCC(CC)C(=O)/C=C(\O)C(CC)CC.[Ir]. The molecule has 45 heavy (non-hydrogen) atoms. The van der Waals surface area contributed by atoms with Crippen molar-refractivity contribution in [2.24, 2.45) is 11.8 Å². The molecular formula is C39H45IrN2O2S-. The van der Waals surface area contributed by atoms with Crippen LogP contribution in [0.15, 0.2) is 84.2 Å². The molecule has 4 nitrogen and oxygen atoms in total. The van der Waals surface area contributed by atoms with Crippen LogP contribution in [0.4, 0.5) is 0 Å². The average molecular weight is 798 g/mol. The summed E-state index contributed by atoms with van der Waals surface area (Å²) in [4.78, 5) is 20.8. The summed E-state index contributed by atoms with van der Waals surface area (Å²) in [6.45, 7) is 14.8. The van der Waals surface area contributed by atoms with E-state index < -0.39 is 0 Å². The summed E-state index contributed by atoms with van der Waals surface area (Å²) in [5.41, 5.74) is 5.29. The van der Waals surface area contributed by atoms with Gasteiger partial charge in [-0.1, -0.05) is 89.7 Å². The van der Waals surface area contributed by atoms with E-state index in [-0.39, 0.29) is 48.9 Å². The van der Waals surface area contributed by atoms with Crippen molar-refractivity contribution in [3.05, 3.63) is 95.8 Å². The summed E-state index contributed by atoms with van der Waals surface area (Å²) in [7, 11) is 0. The van der Waals surface area contributed by atoms with Gasteiger partial charge in [-0.2, -0.15) is 0 Å². The van der Waals surface area contributed by atoms with Crippen LogP contribution in [0, 0.1) is 17.9 Å². The number of fused-ring (bicyclic) bond motifs is 2. The van der Waals surface area contributed by atoms with E-state index in [0.29, 0.717) is 0 Å². The van der Waals surface area contributed by atoms with Crippen molar-refractivity contribution in [3.8, 4) is 22.5 Å². The van der Waals surface area contributed by atoms with Gasteiger partial charge in [0, 0.05) is 54.0 Å². The number of ketones is 1. The normalized spacial score (nSPS) is 11.9. The molecule has 0 atom stereocenters. The summed E-state index contributed by atoms with van der Waals surface area (Å²) in [5, 5.41) is 15.5. The van der Waals surface area contributed by atoms with Gasteiger partial charge in [0.1, 0.15) is 6.33 Å². The fourth-order valence-corrected chi connectivity index (χ4v) is 6.37. The second-order valence-electron chi connectivity index (χ2n) is 12.4. The molecule has 0 amide bonds. The van der Waals surface area contributed by atoms with E-state index in [1.807, 2.05) is 27.7 Å². The largest absolute Gasteiger partial charge is 0.512 e. The van der Waals surface area contributed by atoms with Crippen LogP contribution in [0.1, 0.15) is 79.7 Å². The number of carbonyl (C=O) groups excluding carboxylic acids is 1. The van der Waals surface area contributed by atoms with E-state index in [0.717, 1.165) is 53.6 Å². The molecule has 1 N–H and O–H groups in total. The first-order valence-electron chi connectivity index (χ1n) is 15.8. The van der Waals surface area contributed by atoms with Crippen LogP contribution in [-0.2, 0) is 30.3 Å². The smallest absolute Gasteiger partial charge is 0.162 e. The van der Waals surface area contributed by atoms with Crippen LogP contribution in [0.2, 0.25) is 0 Å². The Balaban J connectivity index is 0.000000297. The van der Waals surface area contributed by atoms with E-state index >= 15 is 0 Å². The zero-order chi connectivity index (χ0) is 31.9. The molecule has 0 spiro atoms. The van der Waals surface area contributed by atoms with E-state index in [9.17, 15) is 9.90 Å². The molecule has 0 saturated heterocycles. The number of hydrogen-bond donors (Lipinski definition) is 1. The van der Waals surface area contributed by atoms with Gasteiger partial charge in [-0.3, -0.25) is 9.78 Å². The maximum Gasteiger partial charge on any atom is 0.162 e. The van der Waals surface area contributed by atoms with Gasteiger partial charge in [-0.05, 0) is 60.1 Å². The van der Waals surface area contributed by atoms with Gasteiger partial charge in [-0.15, -0.1) is 40.5 Å². The third kappa shape index (κ3) is 8.97. The van der Waals surface area contributed by atoms with Crippen LogP contribution in [0.25, 0.3) is 43.4 Å². The number of rotatable bonds is 9. The first kappa shape index (κ1) is 36.3. The van der Waals surface area contributed by atoms with Gasteiger partial charge in [0.2, 0.25) is 0 Å². The Kier molecular flexibility index (Phi) is 13.2. The minimum Gasteiger partial charge on any atom is -0.512 e. The van der Waals surface area contributed by atoms with Crippen molar-refractivity contribution in [2.45, 2.75) is 79.6 Å². The number of allylic oxidation sites excluding steroid dienone is 2. The topological polar surface area (TPSA) is 63.1 Å². The van der Waals surface area contributed by atoms with E-state index in [2.05, 4.69) is 103 Å². The predicted molar refractivity (Wildman–Crippen MR) is 187 cm³/mol. The van der Waals surface area contributed by atoms with Crippen molar-refractivity contribution in [1.82, 2.24) is 9.97 Å². The van der Waals surface area contributed by atoms with Crippen molar-refractivity contribution in [1.29, 1.82) is 0 Å². The number of nitrogens with zero attached hydrogens (tertiary/aromatic N) is 2. The average Bonchev–Trinajstić information content (AvgIpc) is 3.50. The monoisotopic (exact) mass is 798 g/mol. The number of aliphatic hydroxyl groups excluding tert-OH is 1. The molecular weight excluding hydrogens is 753 g/mol. The van der Waals surface area contributed by atoms with Crippen LogP contribution in [-0.4, -0.2) is 20.9 Å². The van der Waals surface area contributed by atoms with E-state index in [1.54, 1.807) is 17.7 Å². The van der Waals surface area contributed by atoms with Gasteiger partial charge in [0.05, 0.1) is 11.5 Å². The number of aromatic nitrogens is 2. The standard InChI is InChI=1S/C26H21N2S.C13H24O2.Ir/c1-26(2,3)22-13-20(12-18-6-4-5-7-21(18)22)24-15-23(27-16-28-24)19-9-8-17-10-11-29-25(17)14-19;1-5-10(6-2)12(14)9-13(15)11(7-3)8-4;/h4-11,13-16H,1-3H3;9-11,14H,5-8H2,1-4H3;/q-1;;/b;12-9-;. The molecule has 0 fully saturated rings. The molecule has 0 bridgehead atoms. The van der Waals surface area contributed by atoms with Crippen molar-refractivity contribution < 1.29 is 30.0 Å². The quantitative estimate of drug-likeness (QED) is 0.0917. The molecule has 2 heterocycles. The van der Waals surface area contributed by atoms with Crippen molar-refractivity contribution in [2.75, 3.05) is 0 Å². The summed E-state index contributed by atoms with van der Waals surface area (Å²) in [6, 6.07) is 25.0. The fourth-order valence-electron chi connectivity index (χ4n) is 5.54. The second kappa shape index (κ2) is 16.4. The molecule has 6 heteroatoms. The summed E-state index contributed by atoms with van der Waals surface area (Å²) in [6.07, 6.45) is 6.56. The number of aliphatic hydroxyl groups is 1. The Morgan fingerprint density at radius 1 is 0.889 bits per heavy atom. The summed E-state index contributed by atoms with van der Waals surface area (Å²) < 4.78 is 1.27. The maximum atomic E-state index is 11.7.